The van der Waals surface area contributed by atoms with Crippen molar-refractivity contribution in [1.29, 1.82) is 0 Å². The van der Waals surface area contributed by atoms with E-state index in [2.05, 4.69) is 19.2 Å². The molecule has 1 unspecified atom stereocenters. The van der Waals surface area contributed by atoms with E-state index in [1.807, 2.05) is 31.2 Å². The number of ether oxygens (including phenoxy) is 2. The van der Waals surface area contributed by atoms with Crippen LogP contribution in [0.25, 0.3) is 0 Å². The van der Waals surface area contributed by atoms with Crippen molar-refractivity contribution in [3.8, 4) is 5.75 Å². The highest BCUT2D eigenvalue weighted by Crippen LogP contribution is 2.12. The Morgan fingerprint density at radius 2 is 2.05 bits per heavy atom. The number of hydrogen-bond donors (Lipinski definition) is 2. The molecule has 0 saturated heterocycles. The van der Waals surface area contributed by atoms with Crippen molar-refractivity contribution in [3.63, 3.8) is 0 Å². The molecule has 1 aromatic carbocycles. The number of hydrogen-bond acceptors (Lipinski definition) is 4. The van der Waals surface area contributed by atoms with Crippen LogP contribution in [0.2, 0.25) is 0 Å². The minimum absolute atomic E-state index is 0.379. The number of aliphatic hydroxyl groups excluding tert-OH is 1. The first-order valence-corrected chi connectivity index (χ1v) is 7.30. The third-order valence-corrected chi connectivity index (χ3v) is 2.68. The van der Waals surface area contributed by atoms with Gasteiger partial charge in [-0.15, -0.1) is 0 Å². The van der Waals surface area contributed by atoms with Crippen LogP contribution in [0.4, 0.5) is 0 Å². The second-order valence-electron chi connectivity index (χ2n) is 5.30. The highest BCUT2D eigenvalue weighted by Gasteiger charge is 2.05. The van der Waals surface area contributed by atoms with Gasteiger partial charge in [-0.25, -0.2) is 0 Å². The summed E-state index contributed by atoms with van der Waals surface area (Å²) >= 11 is 0. The van der Waals surface area contributed by atoms with Crippen molar-refractivity contribution >= 4 is 0 Å². The summed E-state index contributed by atoms with van der Waals surface area (Å²) in [7, 11) is 0. The summed E-state index contributed by atoms with van der Waals surface area (Å²) in [4.78, 5) is 0. The van der Waals surface area contributed by atoms with Crippen LogP contribution in [-0.2, 0) is 11.3 Å². The maximum Gasteiger partial charge on any atom is 0.119 e. The van der Waals surface area contributed by atoms with E-state index in [1.54, 1.807) is 0 Å². The lowest BCUT2D eigenvalue weighted by atomic mass is 10.2. The van der Waals surface area contributed by atoms with E-state index in [-0.39, 0.29) is 0 Å². The lowest BCUT2D eigenvalue weighted by Crippen LogP contribution is -2.30. The van der Waals surface area contributed by atoms with Crippen LogP contribution in [0.15, 0.2) is 24.3 Å². The fourth-order valence-electron chi connectivity index (χ4n) is 1.79. The minimum atomic E-state index is -0.469. The number of aliphatic hydroxyl groups is 1. The van der Waals surface area contributed by atoms with Crippen molar-refractivity contribution in [2.75, 3.05) is 26.4 Å². The lowest BCUT2D eigenvalue weighted by molar-refractivity contribution is 0.0260. The summed E-state index contributed by atoms with van der Waals surface area (Å²) in [5.41, 5.74) is 1.14. The zero-order chi connectivity index (χ0) is 14.8. The summed E-state index contributed by atoms with van der Waals surface area (Å²) in [6.07, 6.45) is -0.469. The molecule has 0 aromatic heterocycles. The van der Waals surface area contributed by atoms with Gasteiger partial charge in [-0.2, -0.15) is 0 Å². The van der Waals surface area contributed by atoms with Crippen LogP contribution in [0, 0.1) is 5.92 Å². The fourth-order valence-corrected chi connectivity index (χ4v) is 1.79. The Labute approximate surface area is 122 Å². The largest absolute Gasteiger partial charge is 0.494 e. The van der Waals surface area contributed by atoms with Crippen molar-refractivity contribution < 1.29 is 14.6 Å². The first-order chi connectivity index (χ1) is 9.61. The van der Waals surface area contributed by atoms with Gasteiger partial charge >= 0.3 is 0 Å². The van der Waals surface area contributed by atoms with E-state index in [1.165, 1.54) is 0 Å². The highest BCUT2D eigenvalue weighted by atomic mass is 16.5. The number of nitrogens with one attached hydrogen (secondary N) is 1. The smallest absolute Gasteiger partial charge is 0.119 e. The molecule has 2 N–H and O–H groups in total. The Kier molecular flexibility index (Phi) is 8.26. The van der Waals surface area contributed by atoms with E-state index in [9.17, 15) is 5.11 Å². The monoisotopic (exact) mass is 281 g/mol. The molecule has 1 aromatic rings. The third kappa shape index (κ3) is 7.48. The maximum absolute atomic E-state index is 9.77. The van der Waals surface area contributed by atoms with Crippen LogP contribution in [-0.4, -0.2) is 37.6 Å². The van der Waals surface area contributed by atoms with Crippen LogP contribution < -0.4 is 10.1 Å². The van der Waals surface area contributed by atoms with Crippen molar-refractivity contribution in [3.05, 3.63) is 29.8 Å². The van der Waals surface area contributed by atoms with Gasteiger partial charge in [-0.1, -0.05) is 26.0 Å². The summed E-state index contributed by atoms with van der Waals surface area (Å²) in [6.45, 7) is 9.13. The molecule has 0 heterocycles. The van der Waals surface area contributed by atoms with E-state index in [0.29, 0.717) is 38.8 Å². The molecule has 0 amide bonds. The molecule has 0 fully saturated rings. The fraction of sp³-hybridized carbons (Fsp3) is 0.625. The lowest BCUT2D eigenvalue weighted by Gasteiger charge is -2.13. The predicted molar refractivity (Wildman–Crippen MR) is 81.0 cm³/mol. The van der Waals surface area contributed by atoms with Crippen molar-refractivity contribution in [2.24, 2.45) is 5.92 Å². The van der Waals surface area contributed by atoms with Gasteiger partial charge in [0.25, 0.3) is 0 Å². The molecule has 0 aliphatic heterocycles. The molecule has 114 valence electrons. The zero-order valence-electron chi connectivity index (χ0n) is 12.8. The van der Waals surface area contributed by atoms with Gasteiger partial charge in [0.2, 0.25) is 0 Å². The van der Waals surface area contributed by atoms with Gasteiger partial charge in [0.05, 0.1) is 19.3 Å². The molecule has 0 aliphatic rings. The Hall–Kier alpha value is -1.10. The minimum Gasteiger partial charge on any atom is -0.494 e. The van der Waals surface area contributed by atoms with E-state index in [4.69, 9.17) is 9.47 Å². The first-order valence-electron chi connectivity index (χ1n) is 7.30. The quantitative estimate of drug-likeness (QED) is 0.690. The topological polar surface area (TPSA) is 50.7 Å². The highest BCUT2D eigenvalue weighted by molar-refractivity contribution is 5.28. The van der Waals surface area contributed by atoms with Crippen molar-refractivity contribution in [1.82, 2.24) is 5.32 Å². The zero-order valence-corrected chi connectivity index (χ0v) is 12.8. The molecule has 4 nitrogen and oxygen atoms in total. The summed E-state index contributed by atoms with van der Waals surface area (Å²) in [6, 6.07) is 7.97. The van der Waals surface area contributed by atoms with Gasteiger partial charge < -0.3 is 19.9 Å². The Balaban J connectivity index is 2.21. The molecular formula is C16H27NO3. The molecule has 0 spiro atoms. The van der Waals surface area contributed by atoms with Crippen LogP contribution in [0.3, 0.4) is 0 Å². The molecule has 1 atom stereocenters. The van der Waals surface area contributed by atoms with Gasteiger partial charge in [0, 0.05) is 19.7 Å². The van der Waals surface area contributed by atoms with E-state index >= 15 is 0 Å². The molecule has 0 saturated carbocycles. The van der Waals surface area contributed by atoms with E-state index < -0.39 is 6.10 Å². The molecule has 0 bridgehead atoms. The average Bonchev–Trinajstić information content (AvgIpc) is 2.39. The Bertz CT molecular complexity index is 368. The molecule has 1 rings (SSSR count). The predicted octanol–water partition coefficient (Wildman–Crippen LogP) is 2.21. The van der Waals surface area contributed by atoms with Gasteiger partial charge in [0.15, 0.2) is 0 Å². The normalized spacial score (nSPS) is 12.7. The second kappa shape index (κ2) is 9.75. The van der Waals surface area contributed by atoms with Gasteiger partial charge in [0.1, 0.15) is 5.75 Å². The molecular weight excluding hydrogens is 254 g/mol. The Morgan fingerprint density at radius 3 is 2.75 bits per heavy atom. The van der Waals surface area contributed by atoms with E-state index in [0.717, 1.165) is 11.3 Å². The molecule has 0 radical (unpaired) electrons. The summed E-state index contributed by atoms with van der Waals surface area (Å²) < 4.78 is 10.9. The van der Waals surface area contributed by atoms with Crippen LogP contribution in [0.1, 0.15) is 26.3 Å². The van der Waals surface area contributed by atoms with Gasteiger partial charge in [-0.3, -0.25) is 0 Å². The summed E-state index contributed by atoms with van der Waals surface area (Å²) in [5.74, 6) is 1.38. The average molecular weight is 281 g/mol. The third-order valence-electron chi connectivity index (χ3n) is 2.68. The standard InChI is InChI=1S/C16H27NO3/c1-4-20-16-7-5-6-14(8-16)9-17-10-15(18)12-19-11-13(2)3/h5-8,13,15,17-18H,4,9-12H2,1-3H3. The van der Waals surface area contributed by atoms with Crippen LogP contribution in [0.5, 0.6) is 5.75 Å². The number of rotatable bonds is 10. The number of benzene rings is 1. The molecule has 4 heteroatoms. The summed E-state index contributed by atoms with van der Waals surface area (Å²) in [5, 5.41) is 13.0. The maximum atomic E-state index is 9.77. The molecule has 20 heavy (non-hydrogen) atoms. The molecule has 0 aliphatic carbocycles. The Morgan fingerprint density at radius 1 is 1.25 bits per heavy atom. The second-order valence-corrected chi connectivity index (χ2v) is 5.30. The SMILES string of the molecule is CCOc1cccc(CNCC(O)COCC(C)C)c1. The van der Waals surface area contributed by atoms with Crippen molar-refractivity contribution in [2.45, 2.75) is 33.4 Å². The van der Waals surface area contributed by atoms with Gasteiger partial charge in [-0.05, 0) is 30.5 Å². The van der Waals surface area contributed by atoms with Crippen LogP contribution >= 0.6 is 0 Å². The first kappa shape index (κ1) is 17.0.